The molecule has 0 saturated carbocycles. The van der Waals surface area contributed by atoms with Crippen molar-refractivity contribution in [2.24, 2.45) is 0 Å². The minimum atomic E-state index is -0.372. The summed E-state index contributed by atoms with van der Waals surface area (Å²) in [5, 5.41) is 11.5. The second-order valence-electron chi connectivity index (χ2n) is 5.44. The Morgan fingerprint density at radius 2 is 1.92 bits per heavy atom. The maximum Gasteiger partial charge on any atom is 0.261 e. The average Bonchev–Trinajstić information content (AvgIpc) is 2.56. The molecule has 1 aromatic heterocycles. The Kier molecular flexibility index (Phi) is 4.33. The fraction of sp³-hybridized carbons (Fsp3) is 0.158. The normalized spacial score (nSPS) is 10.6. The average molecular weight is 322 g/mol. The van der Waals surface area contributed by atoms with Crippen molar-refractivity contribution >= 4 is 22.6 Å². The lowest BCUT2D eigenvalue weighted by molar-refractivity contribution is 0.102. The highest BCUT2D eigenvalue weighted by Crippen LogP contribution is 2.21. The Hall–Kier alpha value is -3.08. The molecule has 0 saturated heterocycles. The molecule has 0 unspecified atom stereocenters. The van der Waals surface area contributed by atoms with Crippen molar-refractivity contribution in [1.82, 2.24) is 0 Å². The number of rotatable bonds is 4. The van der Waals surface area contributed by atoms with Crippen molar-refractivity contribution in [3.05, 3.63) is 65.2 Å². The lowest BCUT2D eigenvalue weighted by atomic mass is 10.1. The minimum Gasteiger partial charge on any atom is -0.494 e. The zero-order valence-electron chi connectivity index (χ0n) is 13.6. The Bertz CT molecular complexity index is 943. The third kappa shape index (κ3) is 3.30. The van der Waals surface area contributed by atoms with E-state index in [2.05, 4.69) is 5.32 Å². The van der Waals surface area contributed by atoms with Gasteiger partial charge in [-0.05, 0) is 44.2 Å². The van der Waals surface area contributed by atoms with Gasteiger partial charge in [-0.2, -0.15) is 0 Å². The van der Waals surface area contributed by atoms with Crippen molar-refractivity contribution in [3.8, 4) is 5.75 Å². The predicted octanol–water partition coefficient (Wildman–Crippen LogP) is 3.87. The van der Waals surface area contributed by atoms with Crippen LogP contribution in [0.3, 0.4) is 0 Å². The van der Waals surface area contributed by atoms with Crippen molar-refractivity contribution in [1.29, 1.82) is 5.41 Å². The van der Waals surface area contributed by atoms with Gasteiger partial charge in [0.2, 0.25) is 5.55 Å². The van der Waals surface area contributed by atoms with Crippen LogP contribution >= 0.6 is 0 Å². The predicted molar refractivity (Wildman–Crippen MR) is 92.4 cm³/mol. The molecule has 5 heteroatoms. The van der Waals surface area contributed by atoms with Gasteiger partial charge in [-0.15, -0.1) is 0 Å². The fourth-order valence-electron chi connectivity index (χ4n) is 2.37. The molecule has 2 aromatic carbocycles. The van der Waals surface area contributed by atoms with Crippen LogP contribution in [0, 0.1) is 12.3 Å². The molecule has 0 aliphatic carbocycles. The zero-order chi connectivity index (χ0) is 17.1. The van der Waals surface area contributed by atoms with Gasteiger partial charge in [-0.1, -0.05) is 17.7 Å². The summed E-state index contributed by atoms with van der Waals surface area (Å²) in [7, 11) is 0. The maximum absolute atomic E-state index is 12.4. The molecule has 3 aromatic rings. The van der Waals surface area contributed by atoms with Gasteiger partial charge in [0.15, 0.2) is 0 Å². The number of carbonyl (C=O) groups excluding carboxylic acids is 1. The van der Waals surface area contributed by atoms with Crippen LogP contribution in [0.2, 0.25) is 0 Å². The molecule has 0 fully saturated rings. The number of carbonyl (C=O) groups is 1. The molecule has 0 bridgehead atoms. The molecule has 5 nitrogen and oxygen atoms in total. The first-order valence-electron chi connectivity index (χ1n) is 7.70. The molecule has 0 atom stereocenters. The number of fused-ring (bicyclic) bond motifs is 1. The fourth-order valence-corrected chi connectivity index (χ4v) is 2.37. The maximum atomic E-state index is 12.4. The molecule has 0 aliphatic heterocycles. The highest BCUT2D eigenvalue weighted by atomic mass is 16.5. The number of amides is 1. The molecular formula is C19H18N2O3. The Morgan fingerprint density at radius 3 is 2.62 bits per heavy atom. The van der Waals surface area contributed by atoms with E-state index in [9.17, 15) is 4.79 Å². The van der Waals surface area contributed by atoms with Crippen molar-refractivity contribution in [2.75, 3.05) is 11.9 Å². The summed E-state index contributed by atoms with van der Waals surface area (Å²) in [5.74, 6) is 0.299. The van der Waals surface area contributed by atoms with Crippen LogP contribution in [0.4, 0.5) is 5.69 Å². The molecule has 1 heterocycles. The second-order valence-corrected chi connectivity index (χ2v) is 5.44. The van der Waals surface area contributed by atoms with E-state index in [1.165, 1.54) is 0 Å². The first-order valence-corrected chi connectivity index (χ1v) is 7.70. The van der Waals surface area contributed by atoms with Crippen LogP contribution in [-0.4, -0.2) is 12.5 Å². The first-order chi connectivity index (χ1) is 11.6. The topological polar surface area (TPSA) is 75.3 Å². The molecule has 0 aliphatic rings. The molecule has 1 amide bonds. The molecule has 122 valence electrons. The SMILES string of the molecule is CCOc1ccc2cc(C(=O)Nc3ccc(C)cc3)c(=N)oc2c1. The minimum absolute atomic E-state index is 0.180. The van der Waals surface area contributed by atoms with E-state index in [1.807, 2.05) is 50.2 Å². The van der Waals surface area contributed by atoms with Crippen LogP contribution in [0.1, 0.15) is 22.8 Å². The van der Waals surface area contributed by atoms with Crippen LogP contribution in [0.5, 0.6) is 5.75 Å². The van der Waals surface area contributed by atoms with E-state index >= 15 is 0 Å². The summed E-state index contributed by atoms with van der Waals surface area (Å²) in [6, 6.07) is 14.5. The first kappa shape index (κ1) is 15.8. The molecular weight excluding hydrogens is 304 g/mol. The molecule has 0 radical (unpaired) electrons. The van der Waals surface area contributed by atoms with Crippen LogP contribution in [0.15, 0.2) is 52.9 Å². The van der Waals surface area contributed by atoms with E-state index in [1.54, 1.807) is 12.1 Å². The Morgan fingerprint density at radius 1 is 1.17 bits per heavy atom. The molecule has 2 N–H and O–H groups in total. The van der Waals surface area contributed by atoms with Gasteiger partial charge < -0.3 is 14.5 Å². The quantitative estimate of drug-likeness (QED) is 0.765. The van der Waals surface area contributed by atoms with Crippen molar-refractivity contribution in [3.63, 3.8) is 0 Å². The van der Waals surface area contributed by atoms with Crippen LogP contribution in [-0.2, 0) is 0 Å². The number of hydrogen-bond acceptors (Lipinski definition) is 4. The smallest absolute Gasteiger partial charge is 0.261 e. The van der Waals surface area contributed by atoms with Crippen molar-refractivity contribution < 1.29 is 13.9 Å². The number of anilines is 1. The van der Waals surface area contributed by atoms with Gasteiger partial charge in [0.25, 0.3) is 5.91 Å². The summed E-state index contributed by atoms with van der Waals surface area (Å²) < 4.78 is 10.9. The highest BCUT2D eigenvalue weighted by Gasteiger charge is 2.12. The zero-order valence-corrected chi connectivity index (χ0v) is 13.6. The van der Waals surface area contributed by atoms with Gasteiger partial charge in [-0.25, -0.2) is 0 Å². The number of benzene rings is 2. The number of nitrogens with one attached hydrogen (secondary N) is 2. The van der Waals surface area contributed by atoms with Gasteiger partial charge in [0, 0.05) is 17.1 Å². The van der Waals surface area contributed by atoms with Crippen LogP contribution in [0.25, 0.3) is 11.0 Å². The lowest BCUT2D eigenvalue weighted by Crippen LogP contribution is -2.20. The number of ether oxygens (including phenoxy) is 1. The molecule has 0 spiro atoms. The summed E-state index contributed by atoms with van der Waals surface area (Å²) in [4.78, 5) is 12.4. The number of aryl methyl sites for hydroxylation is 1. The summed E-state index contributed by atoms with van der Waals surface area (Å²) >= 11 is 0. The highest BCUT2D eigenvalue weighted by molar-refractivity contribution is 6.05. The van der Waals surface area contributed by atoms with E-state index in [0.29, 0.717) is 23.6 Å². The van der Waals surface area contributed by atoms with E-state index in [4.69, 9.17) is 14.6 Å². The van der Waals surface area contributed by atoms with Gasteiger partial charge in [0.05, 0.1) is 6.61 Å². The van der Waals surface area contributed by atoms with Gasteiger partial charge in [-0.3, -0.25) is 10.2 Å². The Balaban J connectivity index is 1.92. The third-order valence-corrected chi connectivity index (χ3v) is 3.61. The largest absolute Gasteiger partial charge is 0.494 e. The Labute approximate surface area is 139 Å². The van der Waals surface area contributed by atoms with Crippen molar-refractivity contribution in [2.45, 2.75) is 13.8 Å². The second kappa shape index (κ2) is 6.58. The van der Waals surface area contributed by atoms with Gasteiger partial charge >= 0.3 is 0 Å². The molecule has 3 rings (SSSR count). The van der Waals surface area contributed by atoms with E-state index in [0.717, 1.165) is 10.9 Å². The van der Waals surface area contributed by atoms with Crippen LogP contribution < -0.4 is 15.6 Å². The number of hydrogen-bond donors (Lipinski definition) is 2. The summed E-state index contributed by atoms with van der Waals surface area (Å²) in [5.41, 5.74) is 2.31. The van der Waals surface area contributed by atoms with Gasteiger partial charge in [0.1, 0.15) is 16.9 Å². The molecule has 24 heavy (non-hydrogen) atoms. The van der Waals surface area contributed by atoms with E-state index in [-0.39, 0.29) is 17.0 Å². The summed E-state index contributed by atoms with van der Waals surface area (Å²) in [6.45, 7) is 4.43. The standard InChI is InChI=1S/C19H18N2O3/c1-3-23-15-9-6-13-10-16(18(20)24-17(13)11-15)19(22)21-14-7-4-12(2)5-8-14/h4-11,20H,3H2,1-2H3,(H,21,22). The lowest BCUT2D eigenvalue weighted by Gasteiger charge is -2.08. The summed E-state index contributed by atoms with van der Waals surface area (Å²) in [6.07, 6.45) is 0. The monoisotopic (exact) mass is 322 g/mol. The van der Waals surface area contributed by atoms with E-state index < -0.39 is 0 Å². The third-order valence-electron chi connectivity index (χ3n) is 3.61.